The molecule has 9 heteroatoms. The molecule has 4 aromatic rings. The van der Waals surface area contributed by atoms with Gasteiger partial charge in [-0.3, -0.25) is 14.5 Å². The highest BCUT2D eigenvalue weighted by molar-refractivity contribution is 6.20. The largest absolute Gasteiger partial charge is 0.503 e. The van der Waals surface area contributed by atoms with Gasteiger partial charge in [0, 0.05) is 17.1 Å². The van der Waals surface area contributed by atoms with Crippen LogP contribution in [0.3, 0.4) is 0 Å². The van der Waals surface area contributed by atoms with Crippen LogP contribution in [0.15, 0.2) is 82.5 Å². The van der Waals surface area contributed by atoms with E-state index in [9.17, 15) is 14.7 Å². The summed E-state index contributed by atoms with van der Waals surface area (Å²) in [4.78, 5) is 28.8. The quantitative estimate of drug-likeness (QED) is 0.359. The predicted octanol–water partition coefficient (Wildman–Crippen LogP) is 5.00. The molecule has 0 radical (unpaired) electrons. The molecule has 1 aromatic heterocycles. The van der Waals surface area contributed by atoms with Gasteiger partial charge in [-0.25, -0.2) is 0 Å². The molecule has 0 aliphatic carbocycles. The summed E-state index contributed by atoms with van der Waals surface area (Å²) < 4.78 is 28.0. The third kappa shape index (κ3) is 3.71. The van der Waals surface area contributed by atoms with Gasteiger partial charge < -0.3 is 28.5 Å². The Morgan fingerprint density at radius 3 is 2.53 bits per heavy atom. The number of aliphatic hydroxyl groups excluding tert-OH is 1. The van der Waals surface area contributed by atoms with Crippen LogP contribution in [0.2, 0.25) is 0 Å². The van der Waals surface area contributed by atoms with Crippen LogP contribution in [-0.4, -0.2) is 44.2 Å². The second kappa shape index (κ2) is 9.19. The van der Waals surface area contributed by atoms with Crippen LogP contribution in [-0.2, 0) is 4.79 Å². The summed E-state index contributed by atoms with van der Waals surface area (Å²) in [7, 11) is 3.03. The zero-order valence-electron chi connectivity index (χ0n) is 20.6. The number of fused-ring (bicyclic) bond motifs is 2. The van der Waals surface area contributed by atoms with Crippen molar-refractivity contribution in [2.75, 3.05) is 32.3 Å². The minimum absolute atomic E-state index is 0.0317. The van der Waals surface area contributed by atoms with Crippen molar-refractivity contribution in [1.82, 2.24) is 0 Å². The van der Waals surface area contributed by atoms with Gasteiger partial charge in [0.05, 0.1) is 25.8 Å². The fraction of sp³-hybridized carbons (Fsp3) is 0.172. The maximum Gasteiger partial charge on any atom is 0.294 e. The number of Topliss-reactive ketones (excluding diaryl/α,β-unsaturated/α-hetero) is 1. The molecule has 1 amide bonds. The molecule has 9 nitrogen and oxygen atoms in total. The van der Waals surface area contributed by atoms with E-state index in [1.807, 2.05) is 0 Å². The van der Waals surface area contributed by atoms with Crippen molar-refractivity contribution in [3.05, 3.63) is 89.4 Å². The van der Waals surface area contributed by atoms with Gasteiger partial charge in [0.2, 0.25) is 5.78 Å². The number of nitrogens with zero attached hydrogens (tertiary/aromatic N) is 1. The first-order valence-electron chi connectivity index (χ1n) is 11.9. The number of ether oxygens (including phenoxy) is 4. The molecule has 0 fully saturated rings. The summed E-state index contributed by atoms with van der Waals surface area (Å²) in [6, 6.07) is 17.9. The van der Waals surface area contributed by atoms with E-state index >= 15 is 0 Å². The fourth-order valence-corrected chi connectivity index (χ4v) is 4.85. The molecule has 0 bridgehead atoms. The van der Waals surface area contributed by atoms with E-state index in [4.69, 9.17) is 23.4 Å². The smallest absolute Gasteiger partial charge is 0.294 e. The normalized spacial score (nSPS) is 16.7. The summed E-state index contributed by atoms with van der Waals surface area (Å²) in [6.07, 6.45) is 0. The number of hydrogen-bond acceptors (Lipinski definition) is 8. The van der Waals surface area contributed by atoms with Gasteiger partial charge in [-0.1, -0.05) is 24.3 Å². The number of carbonyl (C=O) groups is 2. The highest BCUT2D eigenvalue weighted by Gasteiger charge is 2.46. The molecule has 1 atom stereocenters. The molecule has 1 unspecified atom stereocenters. The third-order valence-corrected chi connectivity index (χ3v) is 6.62. The Labute approximate surface area is 217 Å². The Kier molecular flexibility index (Phi) is 5.68. The highest BCUT2D eigenvalue weighted by atomic mass is 16.6. The first-order valence-corrected chi connectivity index (χ1v) is 11.9. The Morgan fingerprint density at radius 1 is 0.947 bits per heavy atom. The number of para-hydroxylation sites is 1. The molecule has 38 heavy (non-hydrogen) atoms. The maximum atomic E-state index is 13.9. The van der Waals surface area contributed by atoms with Crippen LogP contribution in [0, 0.1) is 0 Å². The van der Waals surface area contributed by atoms with E-state index in [0.717, 1.165) is 0 Å². The van der Waals surface area contributed by atoms with Crippen molar-refractivity contribution in [3.63, 3.8) is 0 Å². The van der Waals surface area contributed by atoms with Gasteiger partial charge >= 0.3 is 0 Å². The molecule has 0 saturated carbocycles. The number of benzene rings is 3. The van der Waals surface area contributed by atoms with Gasteiger partial charge in [0.1, 0.15) is 19.0 Å². The Balaban J connectivity index is 1.49. The number of carbonyl (C=O) groups excluding carboxylic acids is 2. The van der Waals surface area contributed by atoms with Crippen LogP contribution in [0.25, 0.3) is 11.0 Å². The minimum atomic E-state index is -0.970. The van der Waals surface area contributed by atoms with Crippen LogP contribution in [0.5, 0.6) is 23.0 Å². The van der Waals surface area contributed by atoms with Crippen molar-refractivity contribution in [1.29, 1.82) is 0 Å². The van der Waals surface area contributed by atoms with Crippen molar-refractivity contribution < 1.29 is 38.1 Å². The second-order valence-electron chi connectivity index (χ2n) is 8.76. The van der Waals surface area contributed by atoms with Gasteiger partial charge in [0.15, 0.2) is 34.4 Å². The standard InChI is InChI=1S/C29H23NO8/c1-34-19-7-3-5-16(13-19)25-24(26(31)23-14-17-6-4-8-21(35-2)28(17)38-23)27(32)29(33)30(25)18-9-10-20-22(15-18)37-12-11-36-20/h3-10,13-15,25,32H,11-12H2,1-2H3. The van der Waals surface area contributed by atoms with E-state index in [0.29, 0.717) is 58.4 Å². The molecule has 192 valence electrons. The number of hydrogen-bond donors (Lipinski definition) is 1. The van der Waals surface area contributed by atoms with Crippen LogP contribution in [0.4, 0.5) is 5.69 Å². The molecule has 0 saturated heterocycles. The SMILES string of the molecule is COc1cccc(C2C(C(=O)c3cc4cccc(OC)c4o3)=C(O)C(=O)N2c2ccc3c(c2)OCCO3)c1. The molecular weight excluding hydrogens is 490 g/mol. The minimum Gasteiger partial charge on any atom is -0.503 e. The fourth-order valence-electron chi connectivity index (χ4n) is 4.85. The number of ketones is 1. The molecule has 0 spiro atoms. The zero-order valence-corrected chi connectivity index (χ0v) is 20.6. The lowest BCUT2D eigenvalue weighted by molar-refractivity contribution is -0.117. The number of methoxy groups -OCH3 is 2. The van der Waals surface area contributed by atoms with E-state index in [-0.39, 0.29) is 11.3 Å². The summed E-state index contributed by atoms with van der Waals surface area (Å²) in [6.45, 7) is 0.789. The summed E-state index contributed by atoms with van der Waals surface area (Å²) in [5.74, 6) is -0.0356. The van der Waals surface area contributed by atoms with Gasteiger partial charge in [-0.2, -0.15) is 0 Å². The zero-order chi connectivity index (χ0) is 26.4. The van der Waals surface area contributed by atoms with Gasteiger partial charge in [-0.05, 0) is 42.0 Å². The monoisotopic (exact) mass is 513 g/mol. The predicted molar refractivity (Wildman–Crippen MR) is 137 cm³/mol. The second-order valence-corrected chi connectivity index (χ2v) is 8.76. The molecule has 3 aromatic carbocycles. The van der Waals surface area contributed by atoms with E-state index < -0.39 is 23.5 Å². The lowest BCUT2D eigenvalue weighted by atomic mass is 9.94. The lowest BCUT2D eigenvalue weighted by Crippen LogP contribution is -2.31. The molecular formula is C29H23NO8. The lowest BCUT2D eigenvalue weighted by Gasteiger charge is -2.28. The van der Waals surface area contributed by atoms with E-state index in [1.165, 1.54) is 19.1 Å². The number of anilines is 1. The molecule has 2 aliphatic rings. The Morgan fingerprint density at radius 2 is 1.74 bits per heavy atom. The number of rotatable bonds is 6. The molecule has 6 rings (SSSR count). The topological polar surface area (TPSA) is 108 Å². The van der Waals surface area contributed by atoms with Crippen molar-refractivity contribution >= 4 is 28.3 Å². The number of furan rings is 1. The molecule has 2 aliphatic heterocycles. The highest BCUT2D eigenvalue weighted by Crippen LogP contribution is 2.45. The maximum absolute atomic E-state index is 13.9. The van der Waals surface area contributed by atoms with Gasteiger partial charge in [-0.15, -0.1) is 0 Å². The summed E-state index contributed by atoms with van der Waals surface area (Å²) >= 11 is 0. The average molecular weight is 514 g/mol. The van der Waals surface area contributed by atoms with Crippen molar-refractivity contribution in [2.45, 2.75) is 6.04 Å². The Bertz CT molecular complexity index is 1620. The average Bonchev–Trinajstić information content (AvgIpc) is 3.51. The molecule has 3 heterocycles. The molecule has 1 N–H and O–H groups in total. The number of amides is 1. The first kappa shape index (κ1) is 23.5. The van der Waals surface area contributed by atoms with E-state index in [2.05, 4.69) is 0 Å². The van der Waals surface area contributed by atoms with Gasteiger partial charge in [0.25, 0.3) is 5.91 Å². The van der Waals surface area contributed by atoms with E-state index in [1.54, 1.807) is 66.7 Å². The number of aliphatic hydroxyl groups is 1. The summed E-state index contributed by atoms with van der Waals surface area (Å²) in [5, 5.41) is 11.8. The van der Waals surface area contributed by atoms with Crippen LogP contribution in [0.1, 0.15) is 22.2 Å². The van der Waals surface area contributed by atoms with Crippen LogP contribution >= 0.6 is 0 Å². The first-order chi connectivity index (χ1) is 18.5. The summed E-state index contributed by atoms with van der Waals surface area (Å²) in [5.41, 5.74) is 1.27. The van der Waals surface area contributed by atoms with Crippen molar-refractivity contribution in [3.8, 4) is 23.0 Å². The van der Waals surface area contributed by atoms with Crippen LogP contribution < -0.4 is 23.8 Å². The van der Waals surface area contributed by atoms with Crippen molar-refractivity contribution in [2.24, 2.45) is 0 Å². The Hall–Kier alpha value is -4.92. The third-order valence-electron chi connectivity index (χ3n) is 6.62.